The van der Waals surface area contributed by atoms with Crippen molar-refractivity contribution in [2.24, 2.45) is 16.7 Å². The molecule has 1 aliphatic carbocycles. The van der Waals surface area contributed by atoms with Gasteiger partial charge in [-0.1, -0.05) is 56.0 Å². The van der Waals surface area contributed by atoms with Crippen LogP contribution < -0.4 is 0 Å². The van der Waals surface area contributed by atoms with Crippen molar-refractivity contribution in [2.45, 2.75) is 65.3 Å². The molecule has 1 aromatic rings. The normalized spacial score (nSPS) is 32.7. The van der Waals surface area contributed by atoms with Gasteiger partial charge in [0.15, 0.2) is 0 Å². The summed E-state index contributed by atoms with van der Waals surface area (Å²) in [6, 6.07) is 10.3. The van der Waals surface area contributed by atoms with E-state index in [2.05, 4.69) is 44.7 Å². The molecule has 27 heavy (non-hydrogen) atoms. The summed E-state index contributed by atoms with van der Waals surface area (Å²) in [6.07, 6.45) is 4.26. The maximum atomic E-state index is 6.19. The predicted molar refractivity (Wildman–Crippen MR) is 108 cm³/mol. The van der Waals surface area contributed by atoms with Gasteiger partial charge in [0.1, 0.15) is 6.10 Å². The molecule has 4 atom stereocenters. The maximum absolute atomic E-state index is 6.19. The molecular weight excluding hydrogens is 336 g/mol. The van der Waals surface area contributed by atoms with E-state index in [0.717, 1.165) is 32.5 Å². The summed E-state index contributed by atoms with van der Waals surface area (Å²) < 4.78 is 17.6. The molecule has 1 aromatic carbocycles. The molecule has 0 spiro atoms. The van der Waals surface area contributed by atoms with Gasteiger partial charge in [-0.3, -0.25) is 0 Å². The molecular formula is C24H34O3. The Hall–Kier alpha value is -1.34. The maximum Gasteiger partial charge on any atom is 0.144 e. The van der Waals surface area contributed by atoms with Crippen LogP contribution in [-0.2, 0) is 20.8 Å². The van der Waals surface area contributed by atoms with Crippen molar-refractivity contribution >= 4 is 0 Å². The molecule has 148 valence electrons. The Labute approximate surface area is 164 Å². The number of benzene rings is 1. The minimum absolute atomic E-state index is 0.0129. The average molecular weight is 371 g/mol. The second-order valence-electron chi connectivity index (χ2n) is 8.78. The number of ether oxygens (including phenoxy) is 3. The van der Waals surface area contributed by atoms with E-state index < -0.39 is 0 Å². The van der Waals surface area contributed by atoms with E-state index in [1.807, 2.05) is 18.2 Å². The van der Waals surface area contributed by atoms with Crippen molar-refractivity contribution in [3.05, 3.63) is 35.9 Å². The van der Waals surface area contributed by atoms with Crippen molar-refractivity contribution in [3.63, 3.8) is 0 Å². The quantitative estimate of drug-likeness (QED) is 0.694. The smallest absolute Gasteiger partial charge is 0.144 e. The van der Waals surface area contributed by atoms with Gasteiger partial charge in [0.25, 0.3) is 0 Å². The van der Waals surface area contributed by atoms with Crippen LogP contribution in [0.2, 0.25) is 0 Å². The van der Waals surface area contributed by atoms with Crippen LogP contribution in [0.3, 0.4) is 0 Å². The van der Waals surface area contributed by atoms with E-state index in [1.54, 1.807) is 7.11 Å². The summed E-state index contributed by atoms with van der Waals surface area (Å²) >= 11 is 0. The van der Waals surface area contributed by atoms with Crippen LogP contribution in [0.5, 0.6) is 0 Å². The highest BCUT2D eigenvalue weighted by atomic mass is 16.5. The summed E-state index contributed by atoms with van der Waals surface area (Å²) in [5.74, 6) is 7.65. The zero-order valence-electron chi connectivity index (χ0n) is 17.3. The summed E-state index contributed by atoms with van der Waals surface area (Å²) in [7, 11) is 1.79. The summed E-state index contributed by atoms with van der Waals surface area (Å²) in [5, 5.41) is 0. The summed E-state index contributed by atoms with van der Waals surface area (Å²) in [5.41, 5.74) is 1.31. The van der Waals surface area contributed by atoms with Crippen LogP contribution in [0.15, 0.2) is 30.3 Å². The zero-order valence-corrected chi connectivity index (χ0v) is 17.3. The molecule has 0 radical (unpaired) electrons. The number of hydrogen-bond donors (Lipinski definition) is 0. The first-order chi connectivity index (χ1) is 13.0. The number of hydrogen-bond acceptors (Lipinski definition) is 3. The first-order valence-electron chi connectivity index (χ1n) is 10.2. The highest BCUT2D eigenvalue weighted by molar-refractivity contribution is 5.22. The Morgan fingerprint density at radius 3 is 2.67 bits per heavy atom. The Bertz CT molecular complexity index is 657. The molecule has 1 aliphatic heterocycles. The Morgan fingerprint density at radius 2 is 1.93 bits per heavy atom. The van der Waals surface area contributed by atoms with Crippen LogP contribution >= 0.6 is 0 Å². The van der Waals surface area contributed by atoms with Crippen LogP contribution in [-0.4, -0.2) is 32.5 Å². The lowest BCUT2D eigenvalue weighted by molar-refractivity contribution is -0.0868. The fraction of sp³-hybridized carbons (Fsp3) is 0.667. The highest BCUT2D eigenvalue weighted by Gasteiger charge is 2.50. The third-order valence-electron chi connectivity index (χ3n) is 6.87. The summed E-state index contributed by atoms with van der Waals surface area (Å²) in [6.45, 7) is 9.18. The molecule has 0 N–H and O–H groups in total. The van der Waals surface area contributed by atoms with Crippen molar-refractivity contribution in [1.82, 2.24) is 0 Å². The van der Waals surface area contributed by atoms with Gasteiger partial charge in [0, 0.05) is 25.7 Å². The molecule has 3 rings (SSSR count). The minimum atomic E-state index is -0.128. The van der Waals surface area contributed by atoms with Crippen LogP contribution in [0.25, 0.3) is 0 Å². The Kier molecular flexibility index (Phi) is 6.63. The van der Waals surface area contributed by atoms with Gasteiger partial charge in [-0.2, -0.15) is 0 Å². The Balaban J connectivity index is 1.68. The lowest BCUT2D eigenvalue weighted by Gasteiger charge is -2.38. The molecule has 3 nitrogen and oxygen atoms in total. The first-order valence-corrected chi connectivity index (χ1v) is 10.2. The molecule has 2 aliphatic rings. The van der Waals surface area contributed by atoms with Crippen LogP contribution in [0.4, 0.5) is 0 Å². The second kappa shape index (κ2) is 8.78. The zero-order chi connectivity index (χ0) is 19.3. The molecule has 0 unspecified atom stereocenters. The standard InChI is InChI=1S/C24H34O3/c1-23(2)20(18-25-4)12-14-24(23,3)15-13-22-21(11-8-16-26-22)27-17-19-9-6-5-7-10-19/h5-7,9-10,20-22H,8,11-12,14,16-18H2,1-4H3/t20-,21-,22+,24-/m1/s1. The minimum Gasteiger partial charge on any atom is -0.384 e. The van der Waals surface area contributed by atoms with Gasteiger partial charge in [-0.05, 0) is 49.5 Å². The van der Waals surface area contributed by atoms with E-state index in [0.29, 0.717) is 12.5 Å². The SMILES string of the molecule is COC[C@H]1CC[C@](C)(C#C[C@@H]2OCCC[C@H]2OCc2ccccc2)C1(C)C. The Morgan fingerprint density at radius 1 is 1.15 bits per heavy atom. The van der Waals surface area contributed by atoms with Gasteiger partial charge in [0.05, 0.1) is 12.7 Å². The van der Waals surface area contributed by atoms with Gasteiger partial charge < -0.3 is 14.2 Å². The predicted octanol–water partition coefficient (Wildman–Crippen LogP) is 4.84. The molecule has 0 amide bonds. The summed E-state index contributed by atoms with van der Waals surface area (Å²) in [4.78, 5) is 0. The van der Waals surface area contributed by atoms with E-state index in [-0.39, 0.29) is 23.0 Å². The average Bonchev–Trinajstić information content (AvgIpc) is 2.90. The van der Waals surface area contributed by atoms with Crippen LogP contribution in [0, 0.1) is 28.6 Å². The van der Waals surface area contributed by atoms with Gasteiger partial charge >= 0.3 is 0 Å². The highest BCUT2D eigenvalue weighted by Crippen LogP contribution is 2.55. The second-order valence-corrected chi connectivity index (χ2v) is 8.78. The number of rotatable bonds is 5. The van der Waals surface area contributed by atoms with Gasteiger partial charge in [-0.25, -0.2) is 0 Å². The molecule has 0 bridgehead atoms. The molecule has 1 saturated carbocycles. The fourth-order valence-corrected chi connectivity index (χ4v) is 4.38. The largest absolute Gasteiger partial charge is 0.384 e. The molecule has 1 heterocycles. The lowest BCUT2D eigenvalue weighted by Crippen LogP contribution is -2.37. The van der Waals surface area contributed by atoms with Gasteiger partial charge in [0.2, 0.25) is 0 Å². The molecule has 2 fully saturated rings. The third-order valence-corrected chi connectivity index (χ3v) is 6.87. The lowest BCUT2D eigenvalue weighted by atomic mass is 9.66. The third kappa shape index (κ3) is 4.57. The van der Waals surface area contributed by atoms with E-state index in [1.165, 1.54) is 12.0 Å². The monoisotopic (exact) mass is 370 g/mol. The van der Waals surface area contributed by atoms with E-state index in [9.17, 15) is 0 Å². The van der Waals surface area contributed by atoms with Gasteiger partial charge in [-0.15, -0.1) is 0 Å². The molecule has 3 heteroatoms. The fourth-order valence-electron chi connectivity index (χ4n) is 4.38. The number of methoxy groups -OCH3 is 1. The van der Waals surface area contributed by atoms with Crippen LogP contribution in [0.1, 0.15) is 52.0 Å². The topological polar surface area (TPSA) is 27.7 Å². The van der Waals surface area contributed by atoms with Crippen molar-refractivity contribution < 1.29 is 14.2 Å². The molecule has 1 saturated heterocycles. The first kappa shape index (κ1) is 20.4. The van der Waals surface area contributed by atoms with Crippen molar-refractivity contribution in [2.75, 3.05) is 20.3 Å². The molecule has 0 aromatic heterocycles. The van der Waals surface area contributed by atoms with Crippen molar-refractivity contribution in [1.29, 1.82) is 0 Å². The van der Waals surface area contributed by atoms with E-state index >= 15 is 0 Å². The van der Waals surface area contributed by atoms with Crippen molar-refractivity contribution in [3.8, 4) is 11.8 Å². The van der Waals surface area contributed by atoms with E-state index in [4.69, 9.17) is 14.2 Å².